The Morgan fingerprint density at radius 2 is 0.250 bits per heavy atom. The molecule has 6 heteroatoms. The van der Waals surface area contributed by atoms with Crippen molar-refractivity contribution in [1.29, 1.82) is 0 Å². The maximum Gasteiger partial charge on any atom is 0.0110 e. The molecule has 6 nitrogen and oxygen atoms in total. The van der Waals surface area contributed by atoms with Crippen molar-refractivity contribution in [2.75, 3.05) is 118 Å². The number of fused-ring (bicyclic) bond motifs is 9. The van der Waals surface area contributed by atoms with Crippen LogP contribution in [0.15, 0.2) is 0 Å². The van der Waals surface area contributed by atoms with Crippen LogP contribution in [0.1, 0.15) is 0 Å². The van der Waals surface area contributed by atoms with E-state index < -0.39 is 0 Å². The van der Waals surface area contributed by atoms with Crippen LogP contribution in [0, 0.1) is 0 Å². The molecule has 9 rings (SSSR count). The Morgan fingerprint density at radius 1 is 0.167 bits per heavy atom. The number of rotatable bonds is 0. The van der Waals surface area contributed by atoms with Gasteiger partial charge in [0.1, 0.15) is 0 Å². The second-order valence-electron chi connectivity index (χ2n) is 8.05. The molecule has 24 heavy (non-hydrogen) atoms. The summed E-state index contributed by atoms with van der Waals surface area (Å²) in [6, 6.07) is 0. The first-order valence-electron chi connectivity index (χ1n) is 10.2. The molecule has 0 atom stereocenters. The van der Waals surface area contributed by atoms with E-state index in [0.717, 1.165) is 0 Å². The molecule has 9 fully saturated rings. The molecule has 9 heterocycles. The van der Waals surface area contributed by atoms with E-state index in [1.807, 2.05) is 0 Å². The summed E-state index contributed by atoms with van der Waals surface area (Å²) in [5.74, 6) is 0. The SMILES string of the molecule is C1CN2CCN1CC2.C1CN2CCN1CC2.C1CN2CCN1CC2. The van der Waals surface area contributed by atoms with Gasteiger partial charge in [-0.1, -0.05) is 0 Å². The fraction of sp³-hybridized carbons (Fsp3) is 1.00. The zero-order valence-corrected chi connectivity index (χ0v) is 15.4. The van der Waals surface area contributed by atoms with Crippen LogP contribution in [0.4, 0.5) is 0 Å². The third-order valence-corrected chi connectivity index (χ3v) is 6.59. The highest BCUT2D eigenvalue weighted by atomic mass is 15.3. The summed E-state index contributed by atoms with van der Waals surface area (Å²) in [4.78, 5) is 15.3. The van der Waals surface area contributed by atoms with Gasteiger partial charge in [0.05, 0.1) is 0 Å². The molecule has 138 valence electrons. The van der Waals surface area contributed by atoms with Gasteiger partial charge in [0.15, 0.2) is 0 Å². The Labute approximate surface area is 147 Å². The van der Waals surface area contributed by atoms with Gasteiger partial charge in [-0.15, -0.1) is 0 Å². The minimum atomic E-state index is 1.32. The predicted molar refractivity (Wildman–Crippen MR) is 98.6 cm³/mol. The van der Waals surface area contributed by atoms with Crippen LogP contribution >= 0.6 is 0 Å². The Morgan fingerprint density at radius 3 is 0.292 bits per heavy atom. The summed E-state index contributed by atoms with van der Waals surface area (Å²) >= 11 is 0. The molecule has 0 saturated carbocycles. The standard InChI is InChI=1S/3C6H12N2/c3*1-2-8-5-3-7(1)4-6-8/h3*1-6H2. The van der Waals surface area contributed by atoms with Crippen molar-refractivity contribution >= 4 is 0 Å². The highest BCUT2D eigenvalue weighted by Gasteiger charge is 2.23. The lowest BCUT2D eigenvalue weighted by molar-refractivity contribution is 0.0647. The predicted octanol–water partition coefficient (Wildman–Crippen LogP) is -1.15. The van der Waals surface area contributed by atoms with Gasteiger partial charge in [-0.05, 0) is 0 Å². The van der Waals surface area contributed by atoms with Gasteiger partial charge in [0.25, 0.3) is 0 Å². The average molecular weight is 337 g/mol. The fourth-order valence-corrected chi connectivity index (χ4v) is 4.56. The highest BCUT2D eigenvalue weighted by Crippen LogP contribution is 2.08. The number of nitrogens with zero attached hydrogens (tertiary/aromatic N) is 6. The second-order valence-corrected chi connectivity index (χ2v) is 8.05. The molecule has 9 saturated heterocycles. The molecule has 0 radical (unpaired) electrons. The van der Waals surface area contributed by atoms with Crippen molar-refractivity contribution in [3.8, 4) is 0 Å². The molecule has 6 bridgehead atoms. The minimum Gasteiger partial charge on any atom is -0.300 e. The van der Waals surface area contributed by atoms with E-state index >= 15 is 0 Å². The van der Waals surface area contributed by atoms with E-state index in [0.29, 0.717) is 0 Å². The van der Waals surface area contributed by atoms with Crippen LogP contribution in [-0.2, 0) is 0 Å². The first kappa shape index (κ1) is 17.2. The quantitative estimate of drug-likeness (QED) is 0.553. The molecule has 0 N–H and O–H groups in total. The minimum absolute atomic E-state index is 1.32. The molecule has 0 amide bonds. The van der Waals surface area contributed by atoms with Crippen LogP contribution in [0.25, 0.3) is 0 Å². The Kier molecular flexibility index (Phi) is 6.04. The number of hydrogen-bond donors (Lipinski definition) is 0. The van der Waals surface area contributed by atoms with E-state index in [4.69, 9.17) is 0 Å². The van der Waals surface area contributed by atoms with E-state index in [1.54, 1.807) is 0 Å². The van der Waals surface area contributed by atoms with Crippen molar-refractivity contribution < 1.29 is 0 Å². The Balaban J connectivity index is 0.0000000911. The van der Waals surface area contributed by atoms with Crippen LogP contribution in [0.5, 0.6) is 0 Å². The van der Waals surface area contributed by atoms with Crippen molar-refractivity contribution in [1.82, 2.24) is 29.4 Å². The van der Waals surface area contributed by atoms with Gasteiger partial charge < -0.3 is 0 Å². The van der Waals surface area contributed by atoms with Crippen LogP contribution in [0.2, 0.25) is 0 Å². The maximum atomic E-state index is 2.54. The largest absolute Gasteiger partial charge is 0.300 e. The van der Waals surface area contributed by atoms with Crippen molar-refractivity contribution in [3.63, 3.8) is 0 Å². The third-order valence-electron chi connectivity index (χ3n) is 6.59. The molecule has 0 unspecified atom stereocenters. The Bertz CT molecular complexity index is 242. The first-order valence-corrected chi connectivity index (χ1v) is 10.2. The fourth-order valence-electron chi connectivity index (χ4n) is 4.56. The number of piperazine rings is 9. The molecular weight excluding hydrogens is 300 g/mol. The smallest absolute Gasteiger partial charge is 0.0110 e. The molecular formula is C18H36N6. The van der Waals surface area contributed by atoms with Gasteiger partial charge in [0, 0.05) is 118 Å². The molecule has 0 aromatic carbocycles. The lowest BCUT2D eigenvalue weighted by atomic mass is 10.2. The van der Waals surface area contributed by atoms with Gasteiger partial charge in [-0.25, -0.2) is 0 Å². The van der Waals surface area contributed by atoms with E-state index in [2.05, 4.69) is 29.4 Å². The third kappa shape index (κ3) is 4.68. The van der Waals surface area contributed by atoms with Crippen molar-refractivity contribution in [3.05, 3.63) is 0 Å². The molecule has 0 aliphatic carbocycles. The second kappa shape index (κ2) is 8.43. The zero-order valence-electron chi connectivity index (χ0n) is 15.4. The van der Waals surface area contributed by atoms with Gasteiger partial charge in [-0.2, -0.15) is 0 Å². The van der Waals surface area contributed by atoms with E-state index in [9.17, 15) is 0 Å². The van der Waals surface area contributed by atoms with Gasteiger partial charge >= 0.3 is 0 Å². The average Bonchev–Trinajstić information content (AvgIpc) is 2.73. The molecule has 0 aromatic heterocycles. The molecule has 0 spiro atoms. The van der Waals surface area contributed by atoms with Gasteiger partial charge in [0.2, 0.25) is 0 Å². The summed E-state index contributed by atoms with van der Waals surface area (Å²) in [7, 11) is 0. The summed E-state index contributed by atoms with van der Waals surface area (Å²) in [5, 5.41) is 0. The maximum absolute atomic E-state index is 2.54. The first-order chi connectivity index (χ1) is 11.8. The zero-order chi connectivity index (χ0) is 16.2. The van der Waals surface area contributed by atoms with Crippen molar-refractivity contribution in [2.24, 2.45) is 0 Å². The van der Waals surface area contributed by atoms with Crippen LogP contribution < -0.4 is 0 Å². The Hall–Kier alpha value is -0.240. The monoisotopic (exact) mass is 336 g/mol. The summed E-state index contributed by atoms with van der Waals surface area (Å²) in [5.41, 5.74) is 0. The van der Waals surface area contributed by atoms with E-state index in [1.165, 1.54) is 118 Å². The molecule has 0 aromatic rings. The highest BCUT2D eigenvalue weighted by molar-refractivity contribution is 4.80. The van der Waals surface area contributed by atoms with Crippen LogP contribution in [-0.4, -0.2) is 147 Å². The summed E-state index contributed by atoms with van der Waals surface area (Å²) < 4.78 is 0. The number of hydrogen-bond acceptors (Lipinski definition) is 6. The summed E-state index contributed by atoms with van der Waals surface area (Å²) in [6.07, 6.45) is 0. The van der Waals surface area contributed by atoms with Gasteiger partial charge in [-0.3, -0.25) is 29.4 Å². The normalized spacial score (nSPS) is 45.0. The molecule has 9 aliphatic heterocycles. The lowest BCUT2D eigenvalue weighted by Crippen LogP contribution is -2.55. The lowest BCUT2D eigenvalue weighted by Gasteiger charge is -2.41. The molecule has 9 aliphatic rings. The van der Waals surface area contributed by atoms with E-state index in [-0.39, 0.29) is 0 Å². The van der Waals surface area contributed by atoms with Crippen LogP contribution in [0.3, 0.4) is 0 Å². The summed E-state index contributed by atoms with van der Waals surface area (Å²) in [6.45, 7) is 23.7. The van der Waals surface area contributed by atoms with Crippen molar-refractivity contribution in [2.45, 2.75) is 0 Å². The topological polar surface area (TPSA) is 19.4 Å².